The highest BCUT2D eigenvalue weighted by Gasteiger charge is 2.78. The van der Waals surface area contributed by atoms with Gasteiger partial charge in [-0.05, 0) is 43.8 Å². The number of anilines is 1. The van der Waals surface area contributed by atoms with Crippen molar-refractivity contribution in [1.29, 1.82) is 0 Å². The molecule has 2 heterocycles. The van der Waals surface area contributed by atoms with E-state index < -0.39 is 29.1 Å². The summed E-state index contributed by atoms with van der Waals surface area (Å²) in [6.07, 6.45) is 2.84. The molecule has 1 saturated heterocycles. The van der Waals surface area contributed by atoms with Crippen molar-refractivity contribution in [2.75, 3.05) is 12.4 Å². The number of epoxide rings is 1. The maximum absolute atomic E-state index is 13.7. The summed E-state index contributed by atoms with van der Waals surface area (Å²) in [7, 11) is 1.80. The van der Waals surface area contributed by atoms with E-state index in [4.69, 9.17) is 4.74 Å². The van der Waals surface area contributed by atoms with E-state index in [0.29, 0.717) is 29.8 Å². The maximum atomic E-state index is 13.7. The van der Waals surface area contributed by atoms with E-state index in [1.165, 1.54) is 6.07 Å². The van der Waals surface area contributed by atoms with E-state index in [1.807, 2.05) is 6.07 Å². The van der Waals surface area contributed by atoms with Gasteiger partial charge in [0.1, 0.15) is 17.4 Å². The minimum absolute atomic E-state index is 0.0269. The first-order chi connectivity index (χ1) is 16.4. The van der Waals surface area contributed by atoms with Crippen LogP contribution in [0.25, 0.3) is 0 Å². The number of ketones is 2. The molecule has 6 rings (SSSR count). The van der Waals surface area contributed by atoms with Crippen molar-refractivity contribution in [1.82, 2.24) is 5.32 Å². The molecular formula is C27H22N2O5. The predicted molar refractivity (Wildman–Crippen MR) is 124 cm³/mol. The first kappa shape index (κ1) is 20.9. The van der Waals surface area contributed by atoms with E-state index in [9.17, 15) is 19.8 Å². The van der Waals surface area contributed by atoms with Crippen molar-refractivity contribution < 1.29 is 24.5 Å². The number of fused-ring (bicyclic) bond motifs is 4. The number of aliphatic hydroxyl groups excluding tert-OH is 1. The molecule has 7 heteroatoms. The molecule has 2 bridgehead atoms. The number of ether oxygens (including phenoxy) is 1. The Balaban J connectivity index is 1.60. The van der Waals surface area contributed by atoms with Gasteiger partial charge in [-0.25, -0.2) is 0 Å². The first-order valence-electron chi connectivity index (χ1n) is 11.2. The number of hydrogen-bond acceptors (Lipinski definition) is 7. The second-order valence-electron chi connectivity index (χ2n) is 9.12. The molecule has 2 aromatic rings. The fourth-order valence-corrected chi connectivity index (χ4v) is 5.77. The van der Waals surface area contributed by atoms with Crippen molar-refractivity contribution in [2.24, 2.45) is 0 Å². The number of hydrogen-bond donors (Lipinski definition) is 4. The van der Waals surface area contributed by atoms with Crippen LogP contribution in [0.4, 0.5) is 5.69 Å². The highest BCUT2D eigenvalue weighted by molar-refractivity contribution is 6.31. The third-order valence-corrected chi connectivity index (χ3v) is 7.31. The Morgan fingerprint density at radius 1 is 1.24 bits per heavy atom. The van der Waals surface area contributed by atoms with E-state index in [1.54, 1.807) is 38.3 Å². The lowest BCUT2D eigenvalue weighted by Crippen LogP contribution is -2.51. The molecule has 34 heavy (non-hydrogen) atoms. The SMILES string of the molecule is CNCc1ccc2c(c1)C(=O)c1c(O)cc3c(c1C2=O)N[C@H]1C#CC=C=CC[C@@]32O[C@@]12[C@@H](C)O. The van der Waals surface area contributed by atoms with Gasteiger partial charge in [0, 0.05) is 35.7 Å². The summed E-state index contributed by atoms with van der Waals surface area (Å²) >= 11 is 0. The van der Waals surface area contributed by atoms with Crippen LogP contribution in [0.15, 0.2) is 42.1 Å². The zero-order chi connectivity index (χ0) is 23.8. The molecule has 0 aromatic heterocycles. The third-order valence-electron chi connectivity index (χ3n) is 7.31. The molecule has 0 spiro atoms. The van der Waals surface area contributed by atoms with Crippen LogP contribution >= 0.6 is 0 Å². The maximum Gasteiger partial charge on any atom is 0.198 e. The summed E-state index contributed by atoms with van der Waals surface area (Å²) in [6.45, 7) is 2.19. The van der Waals surface area contributed by atoms with Gasteiger partial charge in [0.05, 0.1) is 22.9 Å². The second-order valence-corrected chi connectivity index (χ2v) is 9.12. The predicted octanol–water partition coefficient (Wildman–Crippen LogP) is 2.14. The molecule has 0 saturated carbocycles. The topological polar surface area (TPSA) is 111 Å². The average Bonchev–Trinajstić information content (AvgIpc) is 3.51. The van der Waals surface area contributed by atoms with Gasteiger partial charge in [-0.3, -0.25) is 9.59 Å². The van der Waals surface area contributed by atoms with E-state index >= 15 is 0 Å². The molecule has 1 fully saturated rings. The summed E-state index contributed by atoms with van der Waals surface area (Å²) < 4.78 is 6.29. The van der Waals surface area contributed by atoms with Gasteiger partial charge in [0.15, 0.2) is 17.2 Å². The zero-order valence-corrected chi connectivity index (χ0v) is 18.7. The van der Waals surface area contributed by atoms with Crippen LogP contribution < -0.4 is 10.6 Å². The highest BCUT2D eigenvalue weighted by Crippen LogP contribution is 2.67. The van der Waals surface area contributed by atoms with Gasteiger partial charge in [-0.2, -0.15) is 0 Å². The van der Waals surface area contributed by atoms with Crippen LogP contribution in [0, 0.1) is 11.8 Å². The molecular weight excluding hydrogens is 432 g/mol. The molecule has 0 radical (unpaired) electrons. The van der Waals surface area contributed by atoms with Gasteiger partial charge in [0.2, 0.25) is 0 Å². The summed E-state index contributed by atoms with van der Waals surface area (Å²) in [4.78, 5) is 27.3. The smallest absolute Gasteiger partial charge is 0.198 e. The number of aliphatic hydroxyl groups is 1. The summed E-state index contributed by atoms with van der Waals surface area (Å²) in [5.41, 5.74) is 3.38. The lowest BCUT2D eigenvalue weighted by Gasteiger charge is -2.36. The Morgan fingerprint density at radius 2 is 2.03 bits per heavy atom. The fourth-order valence-electron chi connectivity index (χ4n) is 5.77. The molecule has 170 valence electrons. The molecule has 2 aliphatic heterocycles. The standard InChI is InChI=1S/C27H22N2O5/c1-14(30)27-20-7-5-3-4-6-10-26(27,34-27)18-12-19(31)21-22(23(18)29-20)24(32)16-9-8-15(13-28-2)11-17(16)25(21)33/h3,6,8-9,11-12,14,20,28-31H,10,13H2,1-2H3/t4?,14-,20+,26-,27+/m1/s1. The van der Waals surface area contributed by atoms with Crippen LogP contribution in [-0.4, -0.2) is 46.6 Å². The van der Waals surface area contributed by atoms with Crippen LogP contribution in [0.3, 0.4) is 0 Å². The monoisotopic (exact) mass is 454 g/mol. The fraction of sp³-hybridized carbons (Fsp3) is 0.296. The van der Waals surface area contributed by atoms with Gasteiger partial charge >= 0.3 is 0 Å². The minimum atomic E-state index is -1.06. The Kier molecular flexibility index (Phi) is 4.26. The Labute approximate surface area is 196 Å². The zero-order valence-electron chi connectivity index (χ0n) is 18.7. The van der Waals surface area contributed by atoms with Gasteiger partial charge < -0.3 is 25.6 Å². The van der Waals surface area contributed by atoms with Crippen LogP contribution in [0.2, 0.25) is 0 Å². The van der Waals surface area contributed by atoms with Crippen molar-refractivity contribution in [2.45, 2.75) is 43.2 Å². The third kappa shape index (κ3) is 2.43. The van der Waals surface area contributed by atoms with Crippen molar-refractivity contribution in [3.63, 3.8) is 0 Å². The Hall–Kier alpha value is -3.66. The largest absolute Gasteiger partial charge is 0.507 e. The number of carbonyl (C=O) groups is 2. The normalized spacial score (nSPS) is 28.0. The Bertz CT molecular complexity index is 1440. The number of phenolic OH excluding ortho intramolecular Hbond substituents is 1. The van der Waals surface area contributed by atoms with Crippen LogP contribution in [-0.2, 0) is 16.9 Å². The lowest BCUT2D eigenvalue weighted by molar-refractivity contribution is 0.0868. The first-order valence-corrected chi connectivity index (χ1v) is 11.2. The molecule has 0 amide bonds. The van der Waals surface area contributed by atoms with E-state index in [2.05, 4.69) is 28.2 Å². The van der Waals surface area contributed by atoms with Crippen molar-refractivity contribution in [3.05, 3.63) is 75.5 Å². The number of phenols is 1. The van der Waals surface area contributed by atoms with Gasteiger partial charge in [0.25, 0.3) is 0 Å². The average molecular weight is 454 g/mol. The molecule has 7 nitrogen and oxygen atoms in total. The summed E-state index contributed by atoms with van der Waals surface area (Å²) in [6, 6.07) is 6.01. The van der Waals surface area contributed by atoms with Gasteiger partial charge in [-0.15, -0.1) is 5.73 Å². The lowest BCUT2D eigenvalue weighted by atomic mass is 9.70. The van der Waals surface area contributed by atoms with E-state index in [-0.39, 0.29) is 28.2 Å². The second kappa shape index (κ2) is 6.92. The van der Waals surface area contributed by atoms with E-state index in [0.717, 1.165) is 5.56 Å². The number of benzene rings is 2. The molecule has 2 aliphatic carbocycles. The molecule has 4 N–H and O–H groups in total. The molecule has 4 aliphatic rings. The molecule has 4 atom stereocenters. The summed E-state index contributed by atoms with van der Waals surface area (Å²) in [5.74, 6) is 4.95. The van der Waals surface area contributed by atoms with Gasteiger partial charge in [-0.1, -0.05) is 17.9 Å². The molecule has 2 aromatic carbocycles. The minimum Gasteiger partial charge on any atom is -0.507 e. The quantitative estimate of drug-likeness (QED) is 0.208. The number of aromatic hydroxyl groups is 1. The van der Waals surface area contributed by atoms with Crippen LogP contribution in [0.5, 0.6) is 5.75 Å². The number of carbonyl (C=O) groups excluding carboxylic acids is 2. The number of nitrogens with one attached hydrogen (secondary N) is 2. The summed E-state index contributed by atoms with van der Waals surface area (Å²) in [5, 5.41) is 28.1. The molecule has 0 unspecified atom stereocenters. The van der Waals surface area contributed by atoms with Crippen molar-refractivity contribution in [3.8, 4) is 17.6 Å². The highest BCUT2D eigenvalue weighted by atomic mass is 16.6. The number of rotatable bonds is 3. The van der Waals surface area contributed by atoms with Crippen molar-refractivity contribution >= 4 is 17.3 Å². The van der Waals surface area contributed by atoms with Crippen LogP contribution in [0.1, 0.15) is 56.3 Å². The Morgan fingerprint density at radius 3 is 2.79 bits per heavy atom.